The summed E-state index contributed by atoms with van der Waals surface area (Å²) >= 11 is 0. The number of sulfonamides is 1. The van der Waals surface area contributed by atoms with Gasteiger partial charge in [-0.1, -0.05) is 12.1 Å². The zero-order chi connectivity index (χ0) is 16.3. The van der Waals surface area contributed by atoms with Crippen LogP contribution in [0.2, 0.25) is 0 Å². The van der Waals surface area contributed by atoms with Gasteiger partial charge in [0, 0.05) is 5.69 Å². The number of hydrogen-bond donors (Lipinski definition) is 1. The second-order valence-electron chi connectivity index (χ2n) is 4.61. The largest absolute Gasteiger partial charge is 0.465 e. The number of nitrogens with one attached hydrogen (secondary N) is 1. The first-order valence-electron chi connectivity index (χ1n) is 6.31. The van der Waals surface area contributed by atoms with Crippen LogP contribution in [0.4, 0.5) is 10.1 Å². The number of carbonyl (C=O) groups is 1. The highest BCUT2D eigenvalue weighted by Crippen LogP contribution is 2.21. The SMILES string of the molecule is COC(=O)c1cccc(NS(=O)(=O)c2cc(C)ccc2F)c1. The molecule has 0 saturated carbocycles. The summed E-state index contributed by atoms with van der Waals surface area (Å²) in [6.07, 6.45) is 0. The fraction of sp³-hybridized carbons (Fsp3) is 0.133. The first kappa shape index (κ1) is 16.0. The van der Waals surface area contributed by atoms with Crippen LogP contribution in [0.5, 0.6) is 0 Å². The van der Waals surface area contributed by atoms with E-state index in [1.54, 1.807) is 6.92 Å². The Morgan fingerprint density at radius 2 is 1.91 bits per heavy atom. The molecule has 0 aliphatic heterocycles. The van der Waals surface area contributed by atoms with Crippen molar-refractivity contribution in [3.05, 3.63) is 59.4 Å². The molecule has 0 spiro atoms. The standard InChI is InChI=1S/C15H14FNO4S/c1-10-6-7-13(16)14(8-10)22(19,20)17-12-5-3-4-11(9-12)15(18)21-2/h3-9,17H,1-2H3. The van der Waals surface area contributed by atoms with Gasteiger partial charge in [0.1, 0.15) is 10.7 Å². The molecule has 5 nitrogen and oxygen atoms in total. The number of ether oxygens (including phenoxy) is 1. The summed E-state index contributed by atoms with van der Waals surface area (Å²) in [5.41, 5.74) is 0.946. The molecule has 0 atom stereocenters. The number of rotatable bonds is 4. The topological polar surface area (TPSA) is 72.5 Å². The average Bonchev–Trinajstić information content (AvgIpc) is 2.48. The van der Waals surface area contributed by atoms with E-state index in [0.29, 0.717) is 5.56 Å². The van der Waals surface area contributed by atoms with Gasteiger partial charge in [0.05, 0.1) is 12.7 Å². The number of aryl methyl sites for hydroxylation is 1. The van der Waals surface area contributed by atoms with Gasteiger partial charge in [-0.3, -0.25) is 4.72 Å². The Balaban J connectivity index is 2.37. The number of esters is 1. The summed E-state index contributed by atoms with van der Waals surface area (Å²) in [6.45, 7) is 1.66. The third-order valence-electron chi connectivity index (χ3n) is 2.91. The lowest BCUT2D eigenvalue weighted by atomic mass is 10.2. The molecule has 0 bridgehead atoms. The Hall–Kier alpha value is -2.41. The number of halogens is 1. The third-order valence-corrected chi connectivity index (χ3v) is 4.31. The van der Waals surface area contributed by atoms with E-state index in [4.69, 9.17) is 0 Å². The summed E-state index contributed by atoms with van der Waals surface area (Å²) < 4.78 is 45.1. The van der Waals surface area contributed by atoms with E-state index < -0.39 is 26.7 Å². The van der Waals surface area contributed by atoms with Crippen LogP contribution in [0.1, 0.15) is 15.9 Å². The molecule has 0 fully saturated rings. The molecule has 2 aromatic rings. The van der Waals surface area contributed by atoms with Crippen molar-refractivity contribution in [3.63, 3.8) is 0 Å². The molecule has 7 heteroatoms. The van der Waals surface area contributed by atoms with Gasteiger partial charge < -0.3 is 4.74 Å². The van der Waals surface area contributed by atoms with Crippen LogP contribution in [0.3, 0.4) is 0 Å². The Bertz CT molecular complexity index is 818. The van der Waals surface area contributed by atoms with E-state index in [1.165, 1.54) is 43.5 Å². The quantitative estimate of drug-likeness (QED) is 0.878. The predicted molar refractivity (Wildman–Crippen MR) is 79.7 cm³/mol. The molecule has 0 heterocycles. The van der Waals surface area contributed by atoms with Crippen molar-refractivity contribution >= 4 is 21.7 Å². The van der Waals surface area contributed by atoms with Crippen LogP contribution in [-0.4, -0.2) is 21.5 Å². The predicted octanol–water partition coefficient (Wildman–Crippen LogP) is 2.72. The van der Waals surface area contributed by atoms with Gasteiger partial charge in [-0.15, -0.1) is 0 Å². The van der Waals surface area contributed by atoms with E-state index in [2.05, 4.69) is 9.46 Å². The molecule has 0 saturated heterocycles. The van der Waals surface area contributed by atoms with E-state index in [9.17, 15) is 17.6 Å². The van der Waals surface area contributed by atoms with E-state index >= 15 is 0 Å². The molecule has 0 radical (unpaired) electrons. The fourth-order valence-corrected chi connectivity index (χ4v) is 3.07. The van der Waals surface area contributed by atoms with Crippen molar-refractivity contribution in [2.24, 2.45) is 0 Å². The minimum absolute atomic E-state index is 0.142. The molecule has 0 aliphatic rings. The summed E-state index contributed by atoms with van der Waals surface area (Å²) in [5, 5.41) is 0. The van der Waals surface area contributed by atoms with Crippen LogP contribution < -0.4 is 4.72 Å². The van der Waals surface area contributed by atoms with Crippen molar-refractivity contribution in [2.45, 2.75) is 11.8 Å². The molecule has 0 aliphatic carbocycles. The molecule has 2 rings (SSSR count). The average molecular weight is 323 g/mol. The van der Waals surface area contributed by atoms with Gasteiger partial charge in [-0.25, -0.2) is 17.6 Å². The van der Waals surface area contributed by atoms with Crippen molar-refractivity contribution in [2.75, 3.05) is 11.8 Å². The summed E-state index contributed by atoms with van der Waals surface area (Å²) in [4.78, 5) is 11.0. The van der Waals surface area contributed by atoms with Gasteiger partial charge in [-0.05, 0) is 42.8 Å². The highest BCUT2D eigenvalue weighted by Gasteiger charge is 2.19. The van der Waals surface area contributed by atoms with Crippen molar-refractivity contribution in [1.82, 2.24) is 0 Å². The van der Waals surface area contributed by atoms with Crippen LogP contribution in [0.25, 0.3) is 0 Å². The second kappa shape index (κ2) is 6.15. The van der Waals surface area contributed by atoms with Crippen molar-refractivity contribution in [3.8, 4) is 0 Å². The number of hydrogen-bond acceptors (Lipinski definition) is 4. The Morgan fingerprint density at radius 1 is 1.18 bits per heavy atom. The number of methoxy groups -OCH3 is 1. The minimum atomic E-state index is -4.09. The maximum atomic E-state index is 13.7. The van der Waals surface area contributed by atoms with Gasteiger partial charge in [0.15, 0.2) is 0 Å². The molecular formula is C15H14FNO4S. The molecule has 116 valence electrons. The molecular weight excluding hydrogens is 309 g/mol. The molecule has 0 unspecified atom stereocenters. The van der Waals surface area contributed by atoms with Crippen LogP contribution in [-0.2, 0) is 14.8 Å². The molecule has 0 aromatic heterocycles. The maximum absolute atomic E-state index is 13.7. The highest BCUT2D eigenvalue weighted by molar-refractivity contribution is 7.92. The number of benzene rings is 2. The first-order chi connectivity index (χ1) is 10.3. The summed E-state index contributed by atoms with van der Waals surface area (Å²) in [5.74, 6) is -1.44. The molecule has 1 N–H and O–H groups in total. The van der Waals surface area contributed by atoms with Gasteiger partial charge in [-0.2, -0.15) is 0 Å². The maximum Gasteiger partial charge on any atom is 0.337 e. The fourth-order valence-electron chi connectivity index (χ4n) is 1.85. The Kier molecular flexibility index (Phi) is 4.46. The van der Waals surface area contributed by atoms with Crippen molar-refractivity contribution < 1.29 is 22.3 Å². The monoisotopic (exact) mass is 323 g/mol. The lowest BCUT2D eigenvalue weighted by molar-refractivity contribution is 0.0601. The lowest BCUT2D eigenvalue weighted by Crippen LogP contribution is -2.15. The summed E-state index contributed by atoms with van der Waals surface area (Å²) in [7, 11) is -2.87. The zero-order valence-electron chi connectivity index (χ0n) is 12.0. The molecule has 0 amide bonds. The minimum Gasteiger partial charge on any atom is -0.465 e. The molecule has 2 aromatic carbocycles. The zero-order valence-corrected chi connectivity index (χ0v) is 12.8. The number of carbonyl (C=O) groups excluding carboxylic acids is 1. The van der Waals surface area contributed by atoms with Crippen molar-refractivity contribution in [1.29, 1.82) is 0 Å². The van der Waals surface area contributed by atoms with Gasteiger partial charge >= 0.3 is 5.97 Å². The van der Waals surface area contributed by atoms with Crippen LogP contribution >= 0.6 is 0 Å². The smallest absolute Gasteiger partial charge is 0.337 e. The normalized spacial score (nSPS) is 11.0. The number of anilines is 1. The third kappa shape index (κ3) is 3.43. The highest BCUT2D eigenvalue weighted by atomic mass is 32.2. The van der Waals surface area contributed by atoms with Gasteiger partial charge in [0.25, 0.3) is 10.0 Å². The van der Waals surface area contributed by atoms with E-state index in [0.717, 1.165) is 6.07 Å². The van der Waals surface area contributed by atoms with E-state index in [1.807, 2.05) is 0 Å². The Morgan fingerprint density at radius 3 is 2.59 bits per heavy atom. The molecule has 22 heavy (non-hydrogen) atoms. The second-order valence-corrected chi connectivity index (χ2v) is 6.26. The summed E-state index contributed by atoms with van der Waals surface area (Å²) in [6, 6.07) is 9.56. The van der Waals surface area contributed by atoms with Crippen LogP contribution in [0, 0.1) is 12.7 Å². The first-order valence-corrected chi connectivity index (χ1v) is 7.79. The van der Waals surface area contributed by atoms with Crippen LogP contribution in [0.15, 0.2) is 47.4 Å². The lowest BCUT2D eigenvalue weighted by Gasteiger charge is -2.10. The van der Waals surface area contributed by atoms with E-state index in [-0.39, 0.29) is 11.3 Å². The Labute approximate surface area is 127 Å². The van der Waals surface area contributed by atoms with Gasteiger partial charge in [0.2, 0.25) is 0 Å².